The van der Waals surface area contributed by atoms with Crippen LogP contribution in [0.25, 0.3) is 6.08 Å². The van der Waals surface area contributed by atoms with Crippen LogP contribution in [0.15, 0.2) is 60.2 Å². The first kappa shape index (κ1) is 15.3. The number of benzene rings is 2. The fourth-order valence-corrected chi connectivity index (χ4v) is 1.97. The van der Waals surface area contributed by atoms with Crippen LogP contribution < -0.4 is 5.32 Å². The highest BCUT2D eigenvalue weighted by atomic mass is 16.3. The molecule has 0 aliphatic carbocycles. The molecule has 0 aliphatic heterocycles. The highest BCUT2D eigenvalue weighted by Crippen LogP contribution is 2.18. The Balaban J connectivity index is 1.98. The second-order valence-electron chi connectivity index (χ2n) is 4.72. The fourth-order valence-electron chi connectivity index (χ4n) is 1.97. The molecule has 110 valence electrons. The molecule has 2 N–H and O–H groups in total. The van der Waals surface area contributed by atoms with Crippen molar-refractivity contribution < 1.29 is 9.90 Å². The molecule has 0 bridgehead atoms. The van der Waals surface area contributed by atoms with Crippen LogP contribution in [-0.4, -0.2) is 17.6 Å². The second-order valence-corrected chi connectivity index (χ2v) is 4.72. The van der Waals surface area contributed by atoms with Crippen LogP contribution in [0.4, 0.5) is 0 Å². The summed E-state index contributed by atoms with van der Waals surface area (Å²) in [7, 11) is 0. The van der Waals surface area contributed by atoms with E-state index < -0.39 is 5.91 Å². The summed E-state index contributed by atoms with van der Waals surface area (Å²) in [6.45, 7) is 0.447. The Morgan fingerprint density at radius 3 is 2.50 bits per heavy atom. The van der Waals surface area contributed by atoms with E-state index in [-0.39, 0.29) is 11.3 Å². The molecule has 0 saturated carbocycles. The van der Waals surface area contributed by atoms with E-state index in [1.165, 1.54) is 12.1 Å². The highest BCUT2D eigenvalue weighted by molar-refractivity contribution is 6.01. The number of para-hydroxylation sites is 1. The summed E-state index contributed by atoms with van der Waals surface area (Å²) in [6, 6.07) is 18.2. The zero-order valence-electron chi connectivity index (χ0n) is 12.0. The van der Waals surface area contributed by atoms with Gasteiger partial charge in [-0.1, -0.05) is 48.5 Å². The van der Waals surface area contributed by atoms with Crippen LogP contribution >= 0.6 is 0 Å². The summed E-state index contributed by atoms with van der Waals surface area (Å²) in [5.41, 5.74) is 1.53. The Hall–Kier alpha value is -3.06. The number of hydrogen-bond acceptors (Lipinski definition) is 3. The van der Waals surface area contributed by atoms with E-state index >= 15 is 0 Å². The number of phenols is 1. The van der Waals surface area contributed by atoms with E-state index in [2.05, 4.69) is 5.32 Å². The molecule has 0 radical (unpaired) electrons. The first-order chi connectivity index (χ1) is 10.7. The zero-order valence-corrected chi connectivity index (χ0v) is 12.0. The molecule has 2 aromatic carbocycles. The molecule has 0 heterocycles. The summed E-state index contributed by atoms with van der Waals surface area (Å²) in [5, 5.41) is 21.5. The van der Waals surface area contributed by atoms with Crippen LogP contribution in [0.5, 0.6) is 5.75 Å². The Morgan fingerprint density at radius 1 is 1.14 bits per heavy atom. The van der Waals surface area contributed by atoms with Crippen molar-refractivity contribution >= 4 is 12.0 Å². The monoisotopic (exact) mass is 292 g/mol. The van der Waals surface area contributed by atoms with Crippen LogP contribution in [-0.2, 0) is 11.2 Å². The third-order valence-corrected chi connectivity index (χ3v) is 3.14. The van der Waals surface area contributed by atoms with Gasteiger partial charge in [0.2, 0.25) is 0 Å². The van der Waals surface area contributed by atoms with Gasteiger partial charge in [-0.2, -0.15) is 5.26 Å². The average Bonchev–Trinajstić information content (AvgIpc) is 2.55. The molecular weight excluding hydrogens is 276 g/mol. The second kappa shape index (κ2) is 7.65. The maximum absolute atomic E-state index is 12.0. The number of carbonyl (C=O) groups excluding carboxylic acids is 1. The zero-order chi connectivity index (χ0) is 15.8. The van der Waals surface area contributed by atoms with Gasteiger partial charge in [-0.3, -0.25) is 4.79 Å². The van der Waals surface area contributed by atoms with Crippen LogP contribution in [0.3, 0.4) is 0 Å². The Morgan fingerprint density at radius 2 is 1.82 bits per heavy atom. The average molecular weight is 292 g/mol. The van der Waals surface area contributed by atoms with Crippen molar-refractivity contribution in [2.45, 2.75) is 6.42 Å². The Bertz CT molecular complexity index is 715. The minimum atomic E-state index is -0.443. The molecule has 0 aromatic heterocycles. The summed E-state index contributed by atoms with van der Waals surface area (Å²) >= 11 is 0. The minimum absolute atomic E-state index is 0.0328. The van der Waals surface area contributed by atoms with Gasteiger partial charge in [-0.05, 0) is 24.1 Å². The van der Waals surface area contributed by atoms with Crippen LogP contribution in [0, 0.1) is 11.3 Å². The summed E-state index contributed by atoms with van der Waals surface area (Å²) in [6.07, 6.45) is 2.08. The van der Waals surface area contributed by atoms with E-state index in [4.69, 9.17) is 5.26 Å². The van der Waals surface area contributed by atoms with Gasteiger partial charge >= 0.3 is 0 Å². The van der Waals surface area contributed by atoms with Gasteiger partial charge in [0.05, 0.1) is 0 Å². The standard InChI is InChI=1S/C18H16N2O2/c19-13-16(12-15-8-4-5-9-17(15)21)18(22)20-11-10-14-6-2-1-3-7-14/h1-9,12,21H,10-11H2,(H,20,22)/b16-12-. The lowest BCUT2D eigenvalue weighted by Gasteiger charge is -2.05. The van der Waals surface area contributed by atoms with Gasteiger partial charge in [-0.25, -0.2) is 0 Å². The van der Waals surface area contributed by atoms with Gasteiger partial charge in [0.1, 0.15) is 17.4 Å². The number of nitriles is 1. The first-order valence-electron chi connectivity index (χ1n) is 6.92. The molecule has 0 atom stereocenters. The number of hydrogen-bond donors (Lipinski definition) is 2. The number of amides is 1. The predicted molar refractivity (Wildman–Crippen MR) is 84.9 cm³/mol. The summed E-state index contributed by atoms with van der Waals surface area (Å²) in [4.78, 5) is 12.0. The number of nitrogens with zero attached hydrogens (tertiary/aromatic N) is 1. The van der Waals surface area contributed by atoms with Crippen molar-refractivity contribution in [1.29, 1.82) is 5.26 Å². The molecule has 0 saturated heterocycles. The maximum Gasteiger partial charge on any atom is 0.261 e. The lowest BCUT2D eigenvalue weighted by molar-refractivity contribution is -0.117. The Labute approximate surface area is 129 Å². The van der Waals surface area contributed by atoms with Gasteiger partial charge < -0.3 is 10.4 Å². The molecule has 2 aromatic rings. The molecule has 2 rings (SSSR count). The lowest BCUT2D eigenvalue weighted by atomic mass is 10.1. The summed E-state index contributed by atoms with van der Waals surface area (Å²) < 4.78 is 0. The van der Waals surface area contributed by atoms with Crippen molar-refractivity contribution in [3.63, 3.8) is 0 Å². The highest BCUT2D eigenvalue weighted by Gasteiger charge is 2.09. The molecule has 0 fully saturated rings. The van der Waals surface area contributed by atoms with E-state index in [0.29, 0.717) is 18.5 Å². The third kappa shape index (κ3) is 4.22. The molecule has 4 heteroatoms. The van der Waals surface area contributed by atoms with Gasteiger partial charge in [0, 0.05) is 12.1 Å². The molecule has 0 aliphatic rings. The molecular formula is C18H16N2O2. The third-order valence-electron chi connectivity index (χ3n) is 3.14. The number of phenolic OH excluding ortho intramolecular Hbond substituents is 1. The van der Waals surface area contributed by atoms with Crippen LogP contribution in [0.1, 0.15) is 11.1 Å². The SMILES string of the molecule is N#C/C(=C/c1ccccc1O)C(=O)NCCc1ccccc1. The van der Waals surface area contributed by atoms with E-state index in [9.17, 15) is 9.90 Å². The van der Waals surface area contributed by atoms with E-state index in [0.717, 1.165) is 5.56 Å². The number of carbonyl (C=O) groups is 1. The minimum Gasteiger partial charge on any atom is -0.507 e. The molecule has 0 unspecified atom stereocenters. The van der Waals surface area contributed by atoms with Crippen molar-refractivity contribution in [3.05, 3.63) is 71.3 Å². The Kier molecular flexibility index (Phi) is 5.33. The smallest absolute Gasteiger partial charge is 0.261 e. The number of nitrogens with one attached hydrogen (secondary N) is 1. The maximum atomic E-state index is 12.0. The van der Waals surface area contributed by atoms with E-state index in [1.54, 1.807) is 18.2 Å². The van der Waals surface area contributed by atoms with Crippen molar-refractivity contribution in [2.24, 2.45) is 0 Å². The summed E-state index contributed by atoms with van der Waals surface area (Å²) in [5.74, 6) is -0.408. The van der Waals surface area contributed by atoms with E-state index in [1.807, 2.05) is 36.4 Å². The molecule has 4 nitrogen and oxygen atoms in total. The largest absolute Gasteiger partial charge is 0.507 e. The van der Waals surface area contributed by atoms with Crippen molar-refractivity contribution in [2.75, 3.05) is 6.54 Å². The normalized spacial score (nSPS) is 10.8. The van der Waals surface area contributed by atoms with Gasteiger partial charge in [0.25, 0.3) is 5.91 Å². The predicted octanol–water partition coefficient (Wildman–Crippen LogP) is 2.66. The molecule has 0 spiro atoms. The van der Waals surface area contributed by atoms with Crippen LogP contribution in [0.2, 0.25) is 0 Å². The molecule has 22 heavy (non-hydrogen) atoms. The molecule has 1 amide bonds. The van der Waals surface area contributed by atoms with Gasteiger partial charge in [-0.15, -0.1) is 0 Å². The first-order valence-corrected chi connectivity index (χ1v) is 6.92. The number of aromatic hydroxyl groups is 1. The van der Waals surface area contributed by atoms with Crippen molar-refractivity contribution in [1.82, 2.24) is 5.32 Å². The topological polar surface area (TPSA) is 73.1 Å². The van der Waals surface area contributed by atoms with Gasteiger partial charge in [0.15, 0.2) is 0 Å². The van der Waals surface area contributed by atoms with Crippen molar-refractivity contribution in [3.8, 4) is 11.8 Å². The lowest BCUT2D eigenvalue weighted by Crippen LogP contribution is -2.26. The quantitative estimate of drug-likeness (QED) is 0.657. The fraction of sp³-hybridized carbons (Fsp3) is 0.111. The number of rotatable bonds is 5.